The number of hydrogen-bond acceptors (Lipinski definition) is 4. The van der Waals surface area contributed by atoms with Crippen molar-refractivity contribution in [2.45, 2.75) is 6.23 Å². The van der Waals surface area contributed by atoms with Crippen molar-refractivity contribution in [1.29, 1.82) is 0 Å². The summed E-state index contributed by atoms with van der Waals surface area (Å²) in [6.45, 7) is 0. The fourth-order valence-corrected chi connectivity index (χ4v) is 0.472. The van der Waals surface area contributed by atoms with Crippen LogP contribution in [0, 0.1) is 0 Å². The molecule has 1 aliphatic heterocycles. The summed E-state index contributed by atoms with van der Waals surface area (Å²) in [5, 5.41) is 10.8. The molecule has 3 amide bonds. The zero-order valence-corrected chi connectivity index (χ0v) is 4.37. The molecular weight excluding hydrogens is 126 g/mol. The van der Waals surface area contributed by atoms with Crippen molar-refractivity contribution in [3.63, 3.8) is 0 Å². The molecule has 4 N–H and O–H groups in total. The maximum atomic E-state index is 10.3. The molecule has 9 heavy (non-hydrogen) atoms. The van der Waals surface area contributed by atoms with E-state index < -0.39 is 18.2 Å². The summed E-state index contributed by atoms with van der Waals surface area (Å²) < 4.78 is 0. The number of nitrogens with one attached hydrogen (secondary N) is 1. The third kappa shape index (κ3) is 0.734. The Morgan fingerprint density at radius 3 is 2.33 bits per heavy atom. The van der Waals surface area contributed by atoms with Crippen LogP contribution in [0.5, 0.6) is 0 Å². The number of carbonyl (C=O) groups is 2. The molecule has 1 fully saturated rings. The van der Waals surface area contributed by atoms with Crippen LogP contribution in [0.15, 0.2) is 0 Å². The number of hydrogen-bond donors (Lipinski definition) is 3. The zero-order valence-electron chi connectivity index (χ0n) is 4.37. The van der Waals surface area contributed by atoms with Gasteiger partial charge < -0.3 is 5.11 Å². The lowest BCUT2D eigenvalue weighted by Crippen LogP contribution is -2.40. The van der Waals surface area contributed by atoms with Crippen LogP contribution in [0.25, 0.3) is 0 Å². The molecule has 0 aliphatic carbocycles. The van der Waals surface area contributed by atoms with E-state index in [-0.39, 0.29) is 0 Å². The lowest BCUT2D eigenvalue weighted by atomic mass is 10.6. The summed E-state index contributed by atoms with van der Waals surface area (Å²) in [5.41, 5.74) is 0. The Balaban J connectivity index is 2.77. The number of nitrogens with zero attached hydrogens (tertiary/aromatic N) is 1. The molecule has 1 rings (SSSR count). The van der Waals surface area contributed by atoms with Gasteiger partial charge in [-0.05, 0) is 0 Å². The number of rotatable bonds is 0. The predicted octanol–water partition coefficient (Wildman–Crippen LogP) is -2.27. The highest BCUT2D eigenvalue weighted by Crippen LogP contribution is 1.97. The van der Waals surface area contributed by atoms with Crippen LogP contribution in [-0.2, 0) is 4.79 Å². The fourth-order valence-electron chi connectivity index (χ4n) is 0.472. The molecule has 0 radical (unpaired) electrons. The Morgan fingerprint density at radius 1 is 1.67 bits per heavy atom. The van der Waals surface area contributed by atoms with Crippen LogP contribution >= 0.6 is 0 Å². The van der Waals surface area contributed by atoms with Crippen molar-refractivity contribution < 1.29 is 14.7 Å². The van der Waals surface area contributed by atoms with E-state index in [9.17, 15) is 9.59 Å². The van der Waals surface area contributed by atoms with E-state index >= 15 is 0 Å². The number of nitrogens with two attached hydrogens (primary N) is 1. The minimum Gasteiger partial charge on any atom is -0.364 e. The molecule has 0 spiro atoms. The quantitative estimate of drug-likeness (QED) is 0.196. The summed E-state index contributed by atoms with van der Waals surface area (Å²) in [4.78, 5) is 20.6. The van der Waals surface area contributed by atoms with Gasteiger partial charge in [-0.25, -0.2) is 15.6 Å². The van der Waals surface area contributed by atoms with Gasteiger partial charge in [0.25, 0.3) is 5.91 Å². The average Bonchev–Trinajstić information content (AvgIpc) is 1.98. The molecule has 1 saturated heterocycles. The molecule has 0 aromatic heterocycles. The standard InChI is InChI=1S/C3H5N3O3/c4-6-2(8)1(7)5-3(6)9/h2,8H,4H2,(H,5,7,9). The van der Waals surface area contributed by atoms with E-state index in [2.05, 4.69) is 0 Å². The van der Waals surface area contributed by atoms with Gasteiger partial charge >= 0.3 is 6.03 Å². The molecule has 1 unspecified atom stereocenters. The Kier molecular flexibility index (Phi) is 1.11. The lowest BCUT2D eigenvalue weighted by molar-refractivity contribution is -0.130. The number of urea groups is 1. The summed E-state index contributed by atoms with van der Waals surface area (Å²) in [7, 11) is 0. The Labute approximate surface area is 50.2 Å². The normalized spacial score (nSPS) is 26.9. The Bertz CT molecular complexity index is 150. The minimum absolute atomic E-state index is 0.419. The first-order valence-electron chi connectivity index (χ1n) is 2.20. The highest BCUT2D eigenvalue weighted by molar-refractivity contribution is 6.02. The second-order valence-corrected chi connectivity index (χ2v) is 1.58. The van der Waals surface area contributed by atoms with Crippen molar-refractivity contribution >= 4 is 11.9 Å². The molecule has 50 valence electrons. The largest absolute Gasteiger partial charge is 0.364 e. The average molecular weight is 131 g/mol. The molecule has 1 aliphatic rings. The number of aliphatic hydroxyl groups is 1. The van der Waals surface area contributed by atoms with Gasteiger partial charge in [-0.2, -0.15) is 0 Å². The molecule has 0 saturated carbocycles. The molecule has 6 heteroatoms. The van der Waals surface area contributed by atoms with Crippen LogP contribution < -0.4 is 11.2 Å². The molecule has 0 aromatic carbocycles. The maximum Gasteiger partial charge on any atom is 0.341 e. The minimum atomic E-state index is -1.53. The Morgan fingerprint density at radius 2 is 2.22 bits per heavy atom. The molecule has 1 atom stereocenters. The first kappa shape index (κ1) is 5.99. The van der Waals surface area contributed by atoms with Gasteiger partial charge in [0.2, 0.25) is 6.23 Å². The summed E-state index contributed by atoms with van der Waals surface area (Å²) in [6.07, 6.45) is -1.53. The van der Waals surface area contributed by atoms with Crippen LogP contribution in [-0.4, -0.2) is 28.3 Å². The summed E-state index contributed by atoms with van der Waals surface area (Å²) in [6, 6.07) is -0.785. The SMILES string of the molecule is NN1C(=O)NC(=O)C1O. The van der Waals surface area contributed by atoms with Gasteiger partial charge in [-0.15, -0.1) is 0 Å². The molecule has 0 bridgehead atoms. The molecule has 1 heterocycles. The van der Waals surface area contributed by atoms with Crippen molar-refractivity contribution in [2.24, 2.45) is 5.84 Å². The predicted molar refractivity (Wildman–Crippen MR) is 25.6 cm³/mol. The van der Waals surface area contributed by atoms with Gasteiger partial charge in [0, 0.05) is 0 Å². The van der Waals surface area contributed by atoms with Gasteiger partial charge in [-0.3, -0.25) is 10.1 Å². The van der Waals surface area contributed by atoms with E-state index in [0.717, 1.165) is 0 Å². The molecule has 0 aromatic rings. The van der Waals surface area contributed by atoms with Gasteiger partial charge in [0.15, 0.2) is 0 Å². The van der Waals surface area contributed by atoms with Crippen LogP contribution in [0.1, 0.15) is 0 Å². The van der Waals surface area contributed by atoms with Crippen LogP contribution in [0.3, 0.4) is 0 Å². The summed E-state index contributed by atoms with van der Waals surface area (Å²) in [5.74, 6) is 4.07. The van der Waals surface area contributed by atoms with Crippen LogP contribution in [0.4, 0.5) is 4.79 Å². The lowest BCUT2D eigenvalue weighted by Gasteiger charge is -2.07. The number of aliphatic hydroxyl groups excluding tert-OH is 1. The first-order valence-corrected chi connectivity index (χ1v) is 2.20. The van der Waals surface area contributed by atoms with E-state index in [1.54, 1.807) is 5.32 Å². The maximum absolute atomic E-state index is 10.3. The zero-order chi connectivity index (χ0) is 7.02. The highest BCUT2D eigenvalue weighted by Gasteiger charge is 2.34. The van der Waals surface area contributed by atoms with Crippen molar-refractivity contribution in [2.75, 3.05) is 0 Å². The Hall–Kier alpha value is -1.14. The van der Waals surface area contributed by atoms with E-state index in [1.165, 1.54) is 0 Å². The third-order valence-electron chi connectivity index (χ3n) is 0.963. The number of hydrazine groups is 1. The monoisotopic (exact) mass is 131 g/mol. The second-order valence-electron chi connectivity index (χ2n) is 1.58. The van der Waals surface area contributed by atoms with E-state index in [0.29, 0.717) is 5.01 Å². The topological polar surface area (TPSA) is 95.7 Å². The highest BCUT2D eigenvalue weighted by atomic mass is 16.3. The van der Waals surface area contributed by atoms with Crippen molar-refractivity contribution in [3.05, 3.63) is 0 Å². The van der Waals surface area contributed by atoms with Gasteiger partial charge in [0.05, 0.1) is 0 Å². The smallest absolute Gasteiger partial charge is 0.341 e. The van der Waals surface area contributed by atoms with E-state index in [4.69, 9.17) is 10.9 Å². The summed E-state index contributed by atoms with van der Waals surface area (Å²) >= 11 is 0. The van der Waals surface area contributed by atoms with Gasteiger partial charge in [-0.1, -0.05) is 0 Å². The number of amides is 3. The molecular formula is C3H5N3O3. The van der Waals surface area contributed by atoms with Crippen LogP contribution in [0.2, 0.25) is 0 Å². The van der Waals surface area contributed by atoms with E-state index in [1.807, 2.05) is 0 Å². The third-order valence-corrected chi connectivity index (χ3v) is 0.963. The van der Waals surface area contributed by atoms with Crippen molar-refractivity contribution in [3.8, 4) is 0 Å². The number of carbonyl (C=O) groups excluding carboxylic acids is 2. The fraction of sp³-hybridized carbons (Fsp3) is 0.333. The first-order chi connectivity index (χ1) is 4.13. The second kappa shape index (κ2) is 1.67. The number of imide groups is 1. The molecule has 6 nitrogen and oxygen atoms in total. The van der Waals surface area contributed by atoms with Crippen molar-refractivity contribution in [1.82, 2.24) is 10.3 Å². The van der Waals surface area contributed by atoms with Gasteiger partial charge in [0.1, 0.15) is 0 Å².